The Morgan fingerprint density at radius 1 is 1.14 bits per heavy atom. The highest BCUT2D eigenvalue weighted by molar-refractivity contribution is 5.86. The largest absolute Gasteiger partial charge is 0.423 e. The number of benzene rings is 1. The molecule has 0 aliphatic heterocycles. The van der Waals surface area contributed by atoms with E-state index in [1.165, 1.54) is 6.26 Å². The molecule has 14 heavy (non-hydrogen) atoms. The summed E-state index contributed by atoms with van der Waals surface area (Å²) in [5, 5.41) is 1.05. The zero-order valence-electron chi connectivity index (χ0n) is 7.31. The molecule has 3 heteroatoms. The lowest BCUT2D eigenvalue weighted by atomic mass is 10.2. The minimum absolute atomic E-state index is 0.344. The molecule has 0 spiro atoms. The first-order valence-corrected chi connectivity index (χ1v) is 4.34. The lowest BCUT2D eigenvalue weighted by molar-refractivity contribution is 0.479. The summed E-state index contributed by atoms with van der Waals surface area (Å²) in [6.07, 6.45) is 1.41. The number of hydrogen-bond acceptors (Lipinski definition) is 2. The third kappa shape index (κ3) is 0.836. The van der Waals surface area contributed by atoms with Crippen LogP contribution in [0.25, 0.3) is 16.4 Å². The summed E-state index contributed by atoms with van der Waals surface area (Å²) in [6.45, 7) is 0. The molecule has 2 heterocycles. The first-order valence-electron chi connectivity index (χ1n) is 4.34. The molecule has 1 aromatic carbocycles. The molecular weight excluding hydrogens is 178 g/mol. The van der Waals surface area contributed by atoms with Gasteiger partial charge in [-0.2, -0.15) is 0 Å². The van der Waals surface area contributed by atoms with Crippen LogP contribution in [0, 0.1) is 0 Å². The number of rotatable bonds is 0. The fourth-order valence-electron chi connectivity index (χ4n) is 1.72. The summed E-state index contributed by atoms with van der Waals surface area (Å²) in [5.41, 5.74) is 1.75. The van der Waals surface area contributed by atoms with Crippen LogP contribution in [-0.2, 0) is 0 Å². The molecule has 0 aliphatic rings. The molecule has 3 aromatic rings. The maximum absolute atomic E-state index is 11.5. The van der Waals surface area contributed by atoms with Gasteiger partial charge in [-0.25, -0.2) is 9.20 Å². The Morgan fingerprint density at radius 2 is 2.00 bits per heavy atom. The minimum atomic E-state index is -0.344. The number of para-hydroxylation sites is 1. The van der Waals surface area contributed by atoms with Crippen molar-refractivity contribution < 1.29 is 4.42 Å². The molecule has 0 radical (unpaired) electrons. The van der Waals surface area contributed by atoms with Crippen molar-refractivity contribution >= 4 is 16.4 Å². The van der Waals surface area contributed by atoms with Crippen LogP contribution in [0.5, 0.6) is 0 Å². The standard InChI is InChI=1S/C11H7NO2/c13-11-12-9(5-6-14-11)7-8-3-1-2-4-10(8)12/h1-7H. The maximum atomic E-state index is 11.5. The van der Waals surface area contributed by atoms with Gasteiger partial charge in [0.15, 0.2) is 0 Å². The van der Waals surface area contributed by atoms with Gasteiger partial charge in [-0.05, 0) is 18.2 Å². The average molecular weight is 185 g/mol. The topological polar surface area (TPSA) is 34.6 Å². The van der Waals surface area contributed by atoms with E-state index in [-0.39, 0.29) is 5.76 Å². The van der Waals surface area contributed by atoms with Crippen molar-refractivity contribution in [3.05, 3.63) is 53.2 Å². The Bertz CT molecular complexity index is 663. The molecule has 0 fully saturated rings. The average Bonchev–Trinajstić information content (AvgIpc) is 2.57. The first-order chi connectivity index (χ1) is 6.86. The van der Waals surface area contributed by atoms with E-state index >= 15 is 0 Å². The van der Waals surface area contributed by atoms with Gasteiger partial charge in [0.25, 0.3) is 0 Å². The van der Waals surface area contributed by atoms with E-state index in [0.717, 1.165) is 16.4 Å². The van der Waals surface area contributed by atoms with Crippen molar-refractivity contribution in [1.82, 2.24) is 4.40 Å². The van der Waals surface area contributed by atoms with E-state index in [1.807, 2.05) is 30.3 Å². The molecule has 0 unspecified atom stereocenters. The highest BCUT2D eigenvalue weighted by Crippen LogP contribution is 2.17. The lowest BCUT2D eigenvalue weighted by Crippen LogP contribution is -2.08. The predicted octanol–water partition coefficient (Wildman–Crippen LogP) is 2.05. The third-order valence-corrected chi connectivity index (χ3v) is 2.33. The summed E-state index contributed by atoms with van der Waals surface area (Å²) in [7, 11) is 0. The van der Waals surface area contributed by atoms with E-state index in [1.54, 1.807) is 10.5 Å². The molecule has 0 bridgehead atoms. The van der Waals surface area contributed by atoms with E-state index in [4.69, 9.17) is 4.42 Å². The van der Waals surface area contributed by atoms with E-state index in [0.29, 0.717) is 0 Å². The first kappa shape index (κ1) is 7.38. The van der Waals surface area contributed by atoms with Crippen molar-refractivity contribution in [2.45, 2.75) is 0 Å². The summed E-state index contributed by atoms with van der Waals surface area (Å²) >= 11 is 0. The molecule has 3 rings (SSSR count). The highest BCUT2D eigenvalue weighted by Gasteiger charge is 2.03. The van der Waals surface area contributed by atoms with Gasteiger partial charge < -0.3 is 4.42 Å². The SMILES string of the molecule is O=c1occc2cc3ccccc3n12. The van der Waals surface area contributed by atoms with Crippen LogP contribution < -0.4 is 5.76 Å². The van der Waals surface area contributed by atoms with Crippen LogP contribution in [0.3, 0.4) is 0 Å². The molecule has 0 N–H and O–H groups in total. The molecular formula is C11H7NO2. The van der Waals surface area contributed by atoms with Gasteiger partial charge in [-0.3, -0.25) is 0 Å². The fraction of sp³-hybridized carbons (Fsp3) is 0. The molecule has 2 aromatic heterocycles. The van der Waals surface area contributed by atoms with Crippen LogP contribution in [0.1, 0.15) is 0 Å². The van der Waals surface area contributed by atoms with Gasteiger partial charge in [0, 0.05) is 5.39 Å². The predicted molar refractivity (Wildman–Crippen MR) is 53.4 cm³/mol. The van der Waals surface area contributed by atoms with Gasteiger partial charge in [-0.1, -0.05) is 18.2 Å². The number of fused-ring (bicyclic) bond motifs is 3. The summed E-state index contributed by atoms with van der Waals surface area (Å²) < 4.78 is 6.38. The van der Waals surface area contributed by atoms with E-state index < -0.39 is 0 Å². The monoisotopic (exact) mass is 185 g/mol. The Kier molecular flexibility index (Phi) is 1.31. The van der Waals surface area contributed by atoms with Crippen LogP contribution in [0.15, 0.2) is 51.9 Å². The smallest absolute Gasteiger partial charge is 0.418 e. The minimum Gasteiger partial charge on any atom is -0.418 e. The van der Waals surface area contributed by atoms with Crippen molar-refractivity contribution in [2.75, 3.05) is 0 Å². The second kappa shape index (κ2) is 2.48. The molecule has 68 valence electrons. The maximum Gasteiger partial charge on any atom is 0.423 e. The highest BCUT2D eigenvalue weighted by atomic mass is 16.4. The van der Waals surface area contributed by atoms with Gasteiger partial charge in [0.05, 0.1) is 17.3 Å². The summed E-state index contributed by atoms with van der Waals surface area (Å²) in [6, 6.07) is 11.5. The summed E-state index contributed by atoms with van der Waals surface area (Å²) in [5.74, 6) is -0.344. The van der Waals surface area contributed by atoms with Gasteiger partial charge in [0.2, 0.25) is 0 Å². The zero-order valence-corrected chi connectivity index (χ0v) is 7.31. The van der Waals surface area contributed by atoms with Crippen molar-refractivity contribution in [3.63, 3.8) is 0 Å². The van der Waals surface area contributed by atoms with Crippen molar-refractivity contribution in [2.24, 2.45) is 0 Å². The Hall–Kier alpha value is -2.03. The number of nitrogens with zero attached hydrogens (tertiary/aromatic N) is 1. The Morgan fingerprint density at radius 3 is 2.93 bits per heavy atom. The molecule has 0 aliphatic carbocycles. The van der Waals surface area contributed by atoms with Gasteiger partial charge >= 0.3 is 5.76 Å². The molecule has 0 saturated heterocycles. The van der Waals surface area contributed by atoms with E-state index in [2.05, 4.69) is 0 Å². The second-order valence-corrected chi connectivity index (χ2v) is 3.15. The summed E-state index contributed by atoms with van der Waals surface area (Å²) in [4.78, 5) is 11.5. The van der Waals surface area contributed by atoms with Crippen LogP contribution in [-0.4, -0.2) is 4.40 Å². The Balaban J connectivity index is 2.73. The Labute approximate surface area is 79.2 Å². The van der Waals surface area contributed by atoms with Crippen molar-refractivity contribution in [3.8, 4) is 0 Å². The van der Waals surface area contributed by atoms with Crippen LogP contribution >= 0.6 is 0 Å². The van der Waals surface area contributed by atoms with Gasteiger partial charge in [0.1, 0.15) is 0 Å². The number of hydrogen-bond donors (Lipinski definition) is 0. The zero-order chi connectivity index (χ0) is 9.54. The second-order valence-electron chi connectivity index (χ2n) is 3.15. The third-order valence-electron chi connectivity index (χ3n) is 2.33. The quantitative estimate of drug-likeness (QED) is 0.537. The lowest BCUT2D eigenvalue weighted by Gasteiger charge is -1.92. The van der Waals surface area contributed by atoms with Gasteiger partial charge in [-0.15, -0.1) is 0 Å². The van der Waals surface area contributed by atoms with Crippen LogP contribution in [0.4, 0.5) is 0 Å². The number of aromatic nitrogens is 1. The molecule has 0 saturated carbocycles. The van der Waals surface area contributed by atoms with Crippen LogP contribution in [0.2, 0.25) is 0 Å². The molecule has 3 nitrogen and oxygen atoms in total. The fourth-order valence-corrected chi connectivity index (χ4v) is 1.72. The molecule has 0 atom stereocenters. The molecule has 0 amide bonds. The van der Waals surface area contributed by atoms with E-state index in [9.17, 15) is 4.79 Å². The normalized spacial score (nSPS) is 11.1. The van der Waals surface area contributed by atoms with Crippen molar-refractivity contribution in [1.29, 1.82) is 0 Å².